The molecule has 0 amide bonds. The van der Waals surface area contributed by atoms with E-state index in [4.69, 9.17) is 102 Å². The molecule has 0 fully saturated rings. The molecule has 0 unspecified atom stereocenters. The molecule has 0 aliphatic carbocycles. The molecule has 0 aromatic heterocycles. The molecule has 20 N–H and O–H groups in total. The fraction of sp³-hybridized carbons (Fsp3) is 0.833. The van der Waals surface area contributed by atoms with Gasteiger partial charge in [-0.1, -0.05) is 0 Å². The maximum Gasteiger partial charge on any atom is 2.00 e. The van der Waals surface area contributed by atoms with E-state index in [1.165, 1.54) is 0 Å². The molecule has 16 atom stereocenters. The largest absolute Gasteiger partial charge is 2.00 e. The number of carbonyl (C=O) groups excluding carboxylic acids is 4. The van der Waals surface area contributed by atoms with Crippen molar-refractivity contribution in [2.75, 3.05) is 26.4 Å². The average molecular weight is 892 g/mol. The van der Waals surface area contributed by atoms with Crippen molar-refractivity contribution in [1.82, 2.24) is 0 Å². The van der Waals surface area contributed by atoms with Crippen molar-refractivity contribution < 1.29 is 176 Å². The van der Waals surface area contributed by atoms with Gasteiger partial charge in [0.2, 0.25) is 0 Å². The van der Waals surface area contributed by atoms with Gasteiger partial charge in [0.15, 0.2) is 0 Å². The van der Waals surface area contributed by atoms with Gasteiger partial charge in [0, 0.05) is 0 Å². The average Bonchev–Trinajstić information content (AvgIpc) is 3.12. The Hall–Kier alpha value is -1.88. The fourth-order valence-electron chi connectivity index (χ4n) is 2.65. The molecule has 324 valence electrons. The molecule has 0 bridgehead atoms. The second kappa shape index (κ2) is 33.3. The van der Waals surface area contributed by atoms with Crippen molar-refractivity contribution in [3.05, 3.63) is 0 Å². The van der Waals surface area contributed by atoms with E-state index < -0.39 is 148 Å². The molecule has 0 aromatic rings. The van der Waals surface area contributed by atoms with Crippen molar-refractivity contribution in [2.24, 2.45) is 0 Å². The Balaban J connectivity index is -0.000000140. The van der Waals surface area contributed by atoms with E-state index in [-0.39, 0.29) is 34.1 Å². The zero-order valence-corrected chi connectivity index (χ0v) is 29.2. The number of aliphatic hydroxyl groups excluding tert-OH is 20. The topological polar surface area (TPSA) is 565 Å². The molecule has 0 aliphatic heterocycles. The Kier molecular flexibility index (Phi) is 39.5. The van der Waals surface area contributed by atoms with Crippen molar-refractivity contribution >= 4 is 23.9 Å². The molecule has 0 aliphatic rings. The van der Waals surface area contributed by atoms with E-state index in [9.17, 15) is 39.6 Å². The van der Waals surface area contributed by atoms with E-state index in [1.54, 1.807) is 0 Å². The van der Waals surface area contributed by atoms with E-state index in [1.807, 2.05) is 0 Å². The third-order valence-corrected chi connectivity index (χ3v) is 5.98. The van der Waals surface area contributed by atoms with Gasteiger partial charge in [-0.05, 0) is 0 Å². The Morgan fingerprint density at radius 2 is 0.407 bits per heavy atom. The maximum atomic E-state index is 9.98. The number of carboxylic acid groups (broad SMARTS) is 4. The number of carboxylic acids is 4. The molecule has 30 heteroatoms. The van der Waals surface area contributed by atoms with Gasteiger partial charge in [0.05, 0.1) is 50.3 Å². The first-order chi connectivity index (χ1) is 23.7. The smallest absolute Gasteiger partial charge is 0.547 e. The molecule has 0 spiro atoms. The predicted octanol–water partition coefficient (Wildman–Crippen LogP) is -19.3. The van der Waals surface area contributed by atoms with Gasteiger partial charge < -0.3 is 142 Å². The molecule has 0 radical (unpaired) electrons. The summed E-state index contributed by atoms with van der Waals surface area (Å²) in [4.78, 5) is 39.9. The predicted molar refractivity (Wildman–Crippen MR) is 144 cm³/mol. The Morgan fingerprint density at radius 1 is 0.296 bits per heavy atom. The summed E-state index contributed by atoms with van der Waals surface area (Å²) >= 11 is 0. The molecule has 0 saturated carbocycles. The summed E-state index contributed by atoms with van der Waals surface area (Å²) in [7, 11) is 0. The first-order valence-electron chi connectivity index (χ1n) is 13.8. The Morgan fingerprint density at radius 3 is 0.481 bits per heavy atom. The Bertz CT molecular complexity index is 846. The van der Waals surface area contributed by atoms with Gasteiger partial charge in [0.25, 0.3) is 0 Å². The van der Waals surface area contributed by atoms with E-state index in [0.717, 1.165) is 0 Å². The van der Waals surface area contributed by atoms with Crippen LogP contribution in [-0.2, 0) is 53.3 Å². The summed E-state index contributed by atoms with van der Waals surface area (Å²) in [6.07, 6.45) is -32.3. The SMILES string of the molecule is O=C([O-])[C@H](O)[C@@H](O)[C@H](O)[C@H](O)CO.O=C([O-])[C@H](O)[C@@H](O)[C@H](O)[C@H](O)CO.O=C([O-])[C@H](O)[C@@H](O)[C@H](O)[C@H](O)CO.O=C([O-])[C@H](O)[C@@H](O)[C@H](O)[C@H](O)CO.[Fe+2].[Fe+2]. The van der Waals surface area contributed by atoms with Crippen LogP contribution in [-0.4, -0.2) is 250 Å². The van der Waals surface area contributed by atoms with Crippen LogP contribution in [0.5, 0.6) is 0 Å². The normalized spacial score (nSPS) is 19.6. The van der Waals surface area contributed by atoms with Crippen LogP contribution in [0.3, 0.4) is 0 Å². The molecule has 54 heavy (non-hydrogen) atoms. The van der Waals surface area contributed by atoms with Gasteiger partial charge >= 0.3 is 34.1 Å². The summed E-state index contributed by atoms with van der Waals surface area (Å²) < 4.78 is 0. The van der Waals surface area contributed by atoms with Crippen molar-refractivity contribution in [2.45, 2.75) is 97.7 Å². The van der Waals surface area contributed by atoms with Crippen LogP contribution in [0.1, 0.15) is 0 Å². The van der Waals surface area contributed by atoms with Gasteiger partial charge in [-0.2, -0.15) is 0 Å². The Labute approximate surface area is 323 Å². The number of hydrogen-bond acceptors (Lipinski definition) is 28. The van der Waals surface area contributed by atoms with Crippen LogP contribution in [0.2, 0.25) is 0 Å². The second-order valence-corrected chi connectivity index (χ2v) is 9.98. The third-order valence-electron chi connectivity index (χ3n) is 5.98. The van der Waals surface area contributed by atoms with E-state index >= 15 is 0 Å². The zero-order valence-electron chi connectivity index (χ0n) is 27.0. The van der Waals surface area contributed by atoms with Gasteiger partial charge in [-0.3, -0.25) is 0 Å². The number of hydrogen-bond donors (Lipinski definition) is 20. The monoisotopic (exact) mass is 892 g/mol. The molecule has 28 nitrogen and oxygen atoms in total. The number of rotatable bonds is 20. The number of aliphatic carboxylic acids is 4. The standard InChI is InChI=1S/4C6H12O7.2Fe/c4*7-1-2(8)3(9)4(10)5(11)6(12)13;;/h4*2-5,7-11H,1H2,(H,12,13);;/q;;;;2*+2/p-4/t4*2-,3-,4+,5-;;/m1111../s1. The summed E-state index contributed by atoms with van der Waals surface area (Å²) in [6.45, 7) is -3.45. The van der Waals surface area contributed by atoms with Gasteiger partial charge in [0.1, 0.15) is 97.7 Å². The second-order valence-electron chi connectivity index (χ2n) is 9.98. The third kappa shape index (κ3) is 24.6. The van der Waals surface area contributed by atoms with E-state index in [0.29, 0.717) is 0 Å². The maximum absolute atomic E-state index is 9.98. The molecular weight excluding hydrogens is 848 g/mol. The molecule has 0 rings (SSSR count). The minimum Gasteiger partial charge on any atom is -0.547 e. The van der Waals surface area contributed by atoms with E-state index in [2.05, 4.69) is 0 Å². The quantitative estimate of drug-likeness (QED) is 0.0505. The van der Waals surface area contributed by atoms with Crippen LogP contribution < -0.4 is 20.4 Å². The van der Waals surface area contributed by atoms with Crippen LogP contribution in [0.15, 0.2) is 0 Å². The minimum absolute atomic E-state index is 0. The van der Waals surface area contributed by atoms with Crippen LogP contribution in [0.25, 0.3) is 0 Å². The number of aliphatic hydroxyl groups is 20. The molecule has 0 saturated heterocycles. The van der Waals surface area contributed by atoms with Gasteiger partial charge in [-0.25, -0.2) is 0 Å². The molecule has 0 aromatic carbocycles. The number of carbonyl (C=O) groups is 4. The summed E-state index contributed by atoms with van der Waals surface area (Å²) in [5.74, 6) is -7.90. The first-order valence-corrected chi connectivity index (χ1v) is 13.8. The van der Waals surface area contributed by atoms with Gasteiger partial charge in [-0.15, -0.1) is 0 Å². The van der Waals surface area contributed by atoms with Crippen molar-refractivity contribution in [1.29, 1.82) is 0 Å². The summed E-state index contributed by atoms with van der Waals surface area (Å²) in [6, 6.07) is 0. The van der Waals surface area contributed by atoms with Crippen molar-refractivity contribution in [3.63, 3.8) is 0 Å². The fourth-order valence-corrected chi connectivity index (χ4v) is 2.65. The van der Waals surface area contributed by atoms with Crippen LogP contribution in [0, 0.1) is 0 Å². The first kappa shape index (κ1) is 64.0. The van der Waals surface area contributed by atoms with Crippen LogP contribution in [0.4, 0.5) is 0 Å². The summed E-state index contributed by atoms with van der Waals surface area (Å²) in [5.41, 5.74) is 0. The minimum atomic E-state index is -2.31. The van der Waals surface area contributed by atoms with Crippen molar-refractivity contribution in [3.8, 4) is 0 Å². The van der Waals surface area contributed by atoms with Crippen LogP contribution >= 0.6 is 0 Å². The zero-order chi connectivity index (χ0) is 42.4. The molecular formula is C24H44Fe2O28. The summed E-state index contributed by atoms with van der Waals surface area (Å²) in [5, 5.41) is 214. The molecule has 0 heterocycles.